The third-order valence-corrected chi connectivity index (χ3v) is 3.79. The van der Waals surface area contributed by atoms with Gasteiger partial charge in [0.15, 0.2) is 0 Å². The van der Waals surface area contributed by atoms with Crippen LogP contribution in [0.25, 0.3) is 0 Å². The molecule has 2 N–H and O–H groups in total. The third kappa shape index (κ3) is 3.53. The maximum absolute atomic E-state index is 12.9. The summed E-state index contributed by atoms with van der Waals surface area (Å²) in [6.45, 7) is 4.39. The Morgan fingerprint density at radius 2 is 2.00 bits per heavy atom. The molecule has 3 heteroatoms. The minimum atomic E-state index is -0.673. The summed E-state index contributed by atoms with van der Waals surface area (Å²) in [6.07, 6.45) is 3.15. The van der Waals surface area contributed by atoms with Crippen molar-refractivity contribution in [3.63, 3.8) is 0 Å². The molecule has 0 saturated heterocycles. The molecule has 0 aromatic heterocycles. The highest BCUT2D eigenvalue weighted by molar-refractivity contribution is 5.22. The van der Waals surface area contributed by atoms with E-state index in [-0.39, 0.29) is 11.9 Å². The Kier molecular flexibility index (Phi) is 4.03. The summed E-state index contributed by atoms with van der Waals surface area (Å²) in [5.74, 6) is 0.428. The van der Waals surface area contributed by atoms with Crippen molar-refractivity contribution in [3.05, 3.63) is 35.6 Å². The van der Waals surface area contributed by atoms with Crippen LogP contribution in [0.15, 0.2) is 24.3 Å². The Bertz CT molecular complexity index is 384. The summed E-state index contributed by atoms with van der Waals surface area (Å²) in [5.41, 5.74) is 0.443. The summed E-state index contributed by atoms with van der Waals surface area (Å²) in [6, 6.07) is 6.93. The maximum atomic E-state index is 12.9. The van der Waals surface area contributed by atoms with Gasteiger partial charge < -0.3 is 10.4 Å². The van der Waals surface area contributed by atoms with Gasteiger partial charge in [0, 0.05) is 12.6 Å². The van der Waals surface area contributed by atoms with Crippen molar-refractivity contribution in [2.75, 3.05) is 6.54 Å². The number of rotatable bonds is 6. The van der Waals surface area contributed by atoms with E-state index in [1.54, 1.807) is 0 Å². The van der Waals surface area contributed by atoms with Gasteiger partial charge in [0.05, 0.1) is 5.60 Å². The van der Waals surface area contributed by atoms with E-state index in [0.29, 0.717) is 12.5 Å². The lowest BCUT2D eigenvalue weighted by Crippen LogP contribution is -2.39. The zero-order valence-corrected chi connectivity index (χ0v) is 11.1. The molecule has 0 amide bonds. The Morgan fingerprint density at radius 3 is 2.50 bits per heavy atom. The van der Waals surface area contributed by atoms with Gasteiger partial charge in [-0.2, -0.15) is 0 Å². The Hall–Kier alpha value is -0.930. The molecule has 1 aliphatic carbocycles. The predicted molar refractivity (Wildman–Crippen MR) is 70.8 cm³/mol. The summed E-state index contributed by atoms with van der Waals surface area (Å²) < 4.78 is 12.9. The van der Waals surface area contributed by atoms with Crippen LogP contribution < -0.4 is 5.32 Å². The van der Waals surface area contributed by atoms with Crippen LogP contribution in [0, 0.1) is 11.7 Å². The zero-order chi connectivity index (χ0) is 13.2. The molecule has 18 heavy (non-hydrogen) atoms. The van der Waals surface area contributed by atoms with Crippen molar-refractivity contribution in [1.82, 2.24) is 5.32 Å². The summed E-state index contributed by atoms with van der Waals surface area (Å²) >= 11 is 0. The van der Waals surface area contributed by atoms with Crippen molar-refractivity contribution in [2.24, 2.45) is 5.92 Å². The average Bonchev–Trinajstić information content (AvgIpc) is 3.16. The van der Waals surface area contributed by atoms with Crippen LogP contribution in [0.3, 0.4) is 0 Å². The van der Waals surface area contributed by atoms with Crippen molar-refractivity contribution >= 4 is 0 Å². The fraction of sp³-hybridized carbons (Fsp3) is 0.600. The van der Waals surface area contributed by atoms with Crippen LogP contribution >= 0.6 is 0 Å². The van der Waals surface area contributed by atoms with Crippen molar-refractivity contribution in [1.29, 1.82) is 0 Å². The highest BCUT2D eigenvalue weighted by atomic mass is 19.1. The first-order chi connectivity index (χ1) is 8.52. The Morgan fingerprint density at radius 1 is 1.39 bits per heavy atom. The lowest BCUT2D eigenvalue weighted by molar-refractivity contribution is 0.0519. The number of benzene rings is 1. The van der Waals surface area contributed by atoms with E-state index in [0.717, 1.165) is 12.0 Å². The molecular weight excluding hydrogens is 229 g/mol. The fourth-order valence-corrected chi connectivity index (χ4v) is 2.11. The molecule has 1 fully saturated rings. The van der Waals surface area contributed by atoms with E-state index >= 15 is 0 Å². The minimum Gasteiger partial charge on any atom is -0.389 e. The summed E-state index contributed by atoms with van der Waals surface area (Å²) in [4.78, 5) is 0. The summed E-state index contributed by atoms with van der Waals surface area (Å²) in [5, 5.41) is 13.5. The Balaban J connectivity index is 2.02. The number of halogens is 1. The maximum Gasteiger partial charge on any atom is 0.123 e. The van der Waals surface area contributed by atoms with Crippen LogP contribution in [0.5, 0.6) is 0 Å². The Labute approximate surface area is 108 Å². The van der Waals surface area contributed by atoms with E-state index in [4.69, 9.17) is 0 Å². The van der Waals surface area contributed by atoms with Crippen LogP contribution in [0.4, 0.5) is 4.39 Å². The minimum absolute atomic E-state index is 0.200. The third-order valence-electron chi connectivity index (χ3n) is 3.79. The van der Waals surface area contributed by atoms with E-state index in [1.807, 2.05) is 26.0 Å². The molecular formula is C15H22FNO. The highest BCUT2D eigenvalue weighted by Gasteiger charge is 2.33. The highest BCUT2D eigenvalue weighted by Crippen LogP contribution is 2.41. The molecule has 0 radical (unpaired) electrons. The molecule has 2 atom stereocenters. The van der Waals surface area contributed by atoms with Crippen LogP contribution in [0.2, 0.25) is 0 Å². The van der Waals surface area contributed by atoms with Crippen molar-refractivity contribution in [2.45, 2.75) is 44.8 Å². The average molecular weight is 251 g/mol. The largest absolute Gasteiger partial charge is 0.389 e. The van der Waals surface area contributed by atoms with Gasteiger partial charge in [-0.25, -0.2) is 4.39 Å². The number of hydrogen-bond acceptors (Lipinski definition) is 2. The van der Waals surface area contributed by atoms with Gasteiger partial charge in [-0.3, -0.25) is 0 Å². The molecule has 0 aliphatic heterocycles. The van der Waals surface area contributed by atoms with E-state index in [2.05, 4.69) is 5.32 Å². The second-order valence-electron chi connectivity index (χ2n) is 5.60. The number of nitrogens with one attached hydrogen (secondary N) is 1. The predicted octanol–water partition coefficient (Wildman–Crippen LogP) is 3.03. The normalized spacial score (nSPS) is 20.4. The first kappa shape index (κ1) is 13.5. The monoisotopic (exact) mass is 251 g/mol. The van der Waals surface area contributed by atoms with Gasteiger partial charge in [0.25, 0.3) is 0 Å². The zero-order valence-electron chi connectivity index (χ0n) is 11.1. The van der Waals surface area contributed by atoms with Gasteiger partial charge in [-0.05, 0) is 49.8 Å². The quantitative estimate of drug-likeness (QED) is 0.814. The van der Waals surface area contributed by atoms with Crippen LogP contribution in [-0.4, -0.2) is 17.3 Å². The topological polar surface area (TPSA) is 32.3 Å². The molecule has 1 saturated carbocycles. The summed E-state index contributed by atoms with van der Waals surface area (Å²) in [7, 11) is 0. The van der Waals surface area contributed by atoms with Gasteiger partial charge in [-0.1, -0.05) is 19.1 Å². The standard InChI is InChI=1S/C15H22FNO/c1-3-15(2,18)10-17-14(11-4-5-11)12-6-8-13(16)9-7-12/h6-9,11,14,17-18H,3-5,10H2,1-2H3. The second-order valence-corrected chi connectivity index (χ2v) is 5.60. The van der Waals surface area contributed by atoms with E-state index in [1.165, 1.54) is 25.0 Å². The van der Waals surface area contributed by atoms with Gasteiger partial charge in [0.2, 0.25) is 0 Å². The molecule has 1 aromatic rings. The molecule has 1 aliphatic rings. The molecule has 1 aromatic carbocycles. The van der Waals surface area contributed by atoms with Gasteiger partial charge in [0.1, 0.15) is 5.82 Å². The lowest BCUT2D eigenvalue weighted by atomic mass is 9.99. The fourth-order valence-electron chi connectivity index (χ4n) is 2.11. The van der Waals surface area contributed by atoms with E-state index in [9.17, 15) is 9.50 Å². The van der Waals surface area contributed by atoms with Crippen LogP contribution in [0.1, 0.15) is 44.7 Å². The van der Waals surface area contributed by atoms with Crippen molar-refractivity contribution < 1.29 is 9.50 Å². The number of hydrogen-bond donors (Lipinski definition) is 2. The second kappa shape index (κ2) is 5.37. The SMILES string of the molecule is CCC(C)(O)CNC(c1ccc(F)cc1)C1CC1. The first-order valence-electron chi connectivity index (χ1n) is 6.73. The number of aliphatic hydroxyl groups is 1. The molecule has 0 bridgehead atoms. The van der Waals surface area contributed by atoms with Crippen molar-refractivity contribution in [3.8, 4) is 0 Å². The van der Waals surface area contributed by atoms with Crippen LogP contribution in [-0.2, 0) is 0 Å². The van der Waals surface area contributed by atoms with Gasteiger partial charge >= 0.3 is 0 Å². The molecule has 2 nitrogen and oxygen atoms in total. The molecule has 0 spiro atoms. The lowest BCUT2D eigenvalue weighted by Gasteiger charge is -2.26. The van der Waals surface area contributed by atoms with E-state index < -0.39 is 5.60 Å². The van der Waals surface area contributed by atoms with Gasteiger partial charge in [-0.15, -0.1) is 0 Å². The molecule has 2 rings (SSSR count). The molecule has 0 heterocycles. The molecule has 100 valence electrons. The first-order valence-corrected chi connectivity index (χ1v) is 6.73. The smallest absolute Gasteiger partial charge is 0.123 e. The molecule has 2 unspecified atom stereocenters.